The Balaban J connectivity index is 4.36. The third-order valence-corrected chi connectivity index (χ3v) is 2.61. The number of nitrogens with two attached hydrogens (primary N) is 1. The van der Waals surface area contributed by atoms with E-state index in [-0.39, 0.29) is 17.2 Å². The molecule has 1 unspecified atom stereocenters. The van der Waals surface area contributed by atoms with Gasteiger partial charge in [0.15, 0.2) is 0 Å². The molecular weight excluding hydrogens is 138 g/mol. The van der Waals surface area contributed by atoms with Crippen LogP contribution in [0.1, 0.15) is 40.5 Å². The van der Waals surface area contributed by atoms with Gasteiger partial charge in [-0.25, -0.2) is 0 Å². The summed E-state index contributed by atoms with van der Waals surface area (Å²) in [5, 5.41) is 0. The van der Waals surface area contributed by atoms with Gasteiger partial charge in [-0.1, -0.05) is 34.1 Å². The van der Waals surface area contributed by atoms with E-state index in [0.29, 0.717) is 0 Å². The van der Waals surface area contributed by atoms with Crippen LogP contribution in [0.5, 0.6) is 0 Å². The van der Waals surface area contributed by atoms with Crippen LogP contribution in [0.4, 0.5) is 0 Å². The van der Waals surface area contributed by atoms with Crippen molar-refractivity contribution >= 4 is 5.91 Å². The van der Waals surface area contributed by atoms with Gasteiger partial charge in [-0.05, 0) is 11.8 Å². The highest BCUT2D eigenvalue weighted by Crippen LogP contribution is 2.32. The van der Waals surface area contributed by atoms with E-state index in [1.807, 2.05) is 6.92 Å². The van der Waals surface area contributed by atoms with Gasteiger partial charge in [0.05, 0.1) is 0 Å². The predicted molar refractivity (Wildman–Crippen MR) is 47.0 cm³/mol. The fourth-order valence-corrected chi connectivity index (χ4v) is 1.39. The molecule has 0 aliphatic heterocycles. The smallest absolute Gasteiger partial charge is 0.221 e. The van der Waals surface area contributed by atoms with Crippen LogP contribution >= 0.6 is 0 Å². The summed E-state index contributed by atoms with van der Waals surface area (Å²) < 4.78 is 0. The van der Waals surface area contributed by atoms with Gasteiger partial charge in [-0.2, -0.15) is 0 Å². The summed E-state index contributed by atoms with van der Waals surface area (Å²) in [6.07, 6.45) is 1.84. The number of carbonyl (C=O) groups is 1. The lowest BCUT2D eigenvalue weighted by Crippen LogP contribution is -2.34. The fourth-order valence-electron chi connectivity index (χ4n) is 1.39. The molecule has 66 valence electrons. The summed E-state index contributed by atoms with van der Waals surface area (Å²) in [6.45, 7) is 8.27. The minimum absolute atomic E-state index is 0.0208. The molecule has 0 bridgehead atoms. The Labute approximate surface area is 69.2 Å². The molecule has 0 aliphatic rings. The largest absolute Gasteiger partial charge is 0.369 e. The first-order valence-corrected chi connectivity index (χ1v) is 4.25. The van der Waals surface area contributed by atoms with Crippen LogP contribution in [-0.2, 0) is 4.79 Å². The van der Waals surface area contributed by atoms with Crippen LogP contribution in [0.2, 0.25) is 0 Å². The molecule has 2 nitrogen and oxygen atoms in total. The first kappa shape index (κ1) is 10.5. The Morgan fingerprint density at radius 1 is 1.45 bits per heavy atom. The van der Waals surface area contributed by atoms with E-state index < -0.39 is 0 Å². The van der Waals surface area contributed by atoms with Crippen LogP contribution in [-0.4, -0.2) is 5.91 Å². The van der Waals surface area contributed by atoms with Crippen molar-refractivity contribution in [2.75, 3.05) is 0 Å². The minimum atomic E-state index is -0.167. The molecule has 0 radical (unpaired) electrons. The zero-order chi connectivity index (χ0) is 9.07. The average molecular weight is 157 g/mol. The molecule has 0 rings (SSSR count). The van der Waals surface area contributed by atoms with Crippen molar-refractivity contribution in [2.45, 2.75) is 40.5 Å². The first-order chi connectivity index (χ1) is 4.95. The van der Waals surface area contributed by atoms with Crippen LogP contribution in [0.3, 0.4) is 0 Å². The monoisotopic (exact) mass is 157 g/mol. The molecule has 0 saturated heterocycles. The molecule has 0 aromatic heterocycles. The molecule has 11 heavy (non-hydrogen) atoms. The molecule has 0 aromatic carbocycles. The van der Waals surface area contributed by atoms with Gasteiger partial charge in [0.2, 0.25) is 5.91 Å². The maximum absolute atomic E-state index is 11.0. The predicted octanol–water partition coefficient (Wildman–Crippen LogP) is 1.93. The topological polar surface area (TPSA) is 43.1 Å². The Kier molecular flexibility index (Phi) is 3.56. The minimum Gasteiger partial charge on any atom is -0.369 e. The molecule has 0 saturated carbocycles. The third-order valence-electron chi connectivity index (χ3n) is 2.61. The Morgan fingerprint density at radius 3 is 2.00 bits per heavy atom. The van der Waals surface area contributed by atoms with Gasteiger partial charge < -0.3 is 5.73 Å². The molecule has 2 heteroatoms. The Morgan fingerprint density at radius 2 is 1.91 bits per heavy atom. The van der Waals surface area contributed by atoms with Crippen molar-refractivity contribution in [1.29, 1.82) is 0 Å². The second-order valence-electron chi connectivity index (χ2n) is 3.71. The van der Waals surface area contributed by atoms with Crippen LogP contribution < -0.4 is 5.73 Å². The van der Waals surface area contributed by atoms with Gasteiger partial charge in [0.25, 0.3) is 0 Å². The van der Waals surface area contributed by atoms with E-state index in [2.05, 4.69) is 20.8 Å². The average Bonchev–Trinajstić information content (AvgIpc) is 1.88. The van der Waals surface area contributed by atoms with Crippen LogP contribution in [0.25, 0.3) is 0 Å². The number of hydrogen-bond donors (Lipinski definition) is 1. The first-order valence-electron chi connectivity index (χ1n) is 4.25. The van der Waals surface area contributed by atoms with Crippen LogP contribution in [0.15, 0.2) is 0 Å². The van der Waals surface area contributed by atoms with Gasteiger partial charge in [0, 0.05) is 5.92 Å². The SMILES string of the molecule is CCC(C(N)=O)C(C)(C)CC. The van der Waals surface area contributed by atoms with E-state index in [4.69, 9.17) is 5.73 Å². The van der Waals surface area contributed by atoms with Gasteiger partial charge in [-0.3, -0.25) is 4.79 Å². The molecule has 0 heterocycles. The molecule has 2 N–H and O–H groups in total. The van der Waals surface area contributed by atoms with Gasteiger partial charge in [0.1, 0.15) is 0 Å². The highest BCUT2D eigenvalue weighted by atomic mass is 16.1. The number of carbonyl (C=O) groups excluding carboxylic acids is 1. The van der Waals surface area contributed by atoms with Crippen molar-refractivity contribution < 1.29 is 4.79 Å². The summed E-state index contributed by atoms with van der Waals surface area (Å²) in [7, 11) is 0. The van der Waals surface area contributed by atoms with Crippen molar-refractivity contribution in [3.63, 3.8) is 0 Å². The molecule has 0 spiro atoms. The Hall–Kier alpha value is -0.530. The quantitative estimate of drug-likeness (QED) is 0.665. The zero-order valence-corrected chi connectivity index (χ0v) is 7.98. The van der Waals surface area contributed by atoms with E-state index >= 15 is 0 Å². The zero-order valence-electron chi connectivity index (χ0n) is 7.98. The molecule has 0 fully saturated rings. The summed E-state index contributed by atoms with van der Waals surface area (Å²) in [6, 6.07) is 0. The van der Waals surface area contributed by atoms with E-state index in [0.717, 1.165) is 12.8 Å². The number of amides is 1. The maximum atomic E-state index is 11.0. The lowest BCUT2D eigenvalue weighted by atomic mass is 9.75. The molecule has 1 amide bonds. The summed E-state index contributed by atoms with van der Waals surface area (Å²) in [5.41, 5.74) is 5.33. The van der Waals surface area contributed by atoms with Crippen molar-refractivity contribution in [3.8, 4) is 0 Å². The second kappa shape index (κ2) is 3.74. The lowest BCUT2D eigenvalue weighted by Gasteiger charge is -2.30. The molecule has 0 aromatic rings. The highest BCUT2D eigenvalue weighted by molar-refractivity contribution is 5.77. The fraction of sp³-hybridized carbons (Fsp3) is 0.889. The highest BCUT2D eigenvalue weighted by Gasteiger charge is 2.30. The summed E-state index contributed by atoms with van der Waals surface area (Å²) in [4.78, 5) is 11.0. The van der Waals surface area contributed by atoms with Gasteiger partial charge >= 0.3 is 0 Å². The lowest BCUT2D eigenvalue weighted by molar-refractivity contribution is -0.125. The standard InChI is InChI=1S/C9H19NO/c1-5-7(8(10)11)9(3,4)6-2/h7H,5-6H2,1-4H3,(H2,10,11). The number of rotatable bonds is 4. The van der Waals surface area contributed by atoms with Gasteiger partial charge in [-0.15, -0.1) is 0 Å². The normalized spacial score (nSPS) is 14.5. The third kappa shape index (κ3) is 2.52. The van der Waals surface area contributed by atoms with Crippen molar-refractivity contribution in [1.82, 2.24) is 0 Å². The summed E-state index contributed by atoms with van der Waals surface area (Å²) in [5.74, 6) is -0.146. The van der Waals surface area contributed by atoms with Crippen molar-refractivity contribution in [2.24, 2.45) is 17.1 Å². The van der Waals surface area contributed by atoms with E-state index in [9.17, 15) is 4.79 Å². The van der Waals surface area contributed by atoms with Crippen LogP contribution in [0, 0.1) is 11.3 Å². The molecule has 1 atom stereocenters. The Bertz CT molecular complexity index is 140. The summed E-state index contributed by atoms with van der Waals surface area (Å²) >= 11 is 0. The van der Waals surface area contributed by atoms with E-state index in [1.54, 1.807) is 0 Å². The number of hydrogen-bond acceptors (Lipinski definition) is 1. The van der Waals surface area contributed by atoms with Crippen molar-refractivity contribution in [3.05, 3.63) is 0 Å². The molecular formula is C9H19NO. The van der Waals surface area contributed by atoms with E-state index in [1.165, 1.54) is 0 Å². The number of primary amides is 1. The molecule has 0 aliphatic carbocycles. The second-order valence-corrected chi connectivity index (χ2v) is 3.71. The maximum Gasteiger partial charge on any atom is 0.221 e.